The molecule has 1 aromatic rings. The molecule has 0 amide bonds. The fourth-order valence-electron chi connectivity index (χ4n) is 2.06. The van der Waals surface area contributed by atoms with E-state index >= 15 is 0 Å². The maximum absolute atomic E-state index is 4.76. The SMILES string of the molecule is CCc1ccccc1N=C1C[CH-]C(C)C1.[Pr].[Yb]. The van der Waals surface area contributed by atoms with Gasteiger partial charge in [-0.25, -0.2) is 0 Å². The predicted molar refractivity (Wildman–Crippen MR) is 65.6 cm³/mol. The number of rotatable bonds is 2. The molecular formula is C14H18NPrYb-. The summed E-state index contributed by atoms with van der Waals surface area (Å²) in [6.45, 7) is 4.44. The third-order valence-electron chi connectivity index (χ3n) is 2.96. The van der Waals surface area contributed by atoms with Crippen molar-refractivity contribution < 1.29 is 88.2 Å². The van der Waals surface area contributed by atoms with E-state index in [0.29, 0.717) is 5.92 Å². The van der Waals surface area contributed by atoms with E-state index in [4.69, 9.17) is 4.99 Å². The second-order valence-electron chi connectivity index (χ2n) is 4.28. The molecule has 1 aromatic carbocycles. The van der Waals surface area contributed by atoms with Crippen molar-refractivity contribution in [3.8, 4) is 0 Å². The number of hydrogen-bond acceptors (Lipinski definition) is 1. The van der Waals surface area contributed by atoms with Crippen molar-refractivity contribution in [2.75, 3.05) is 0 Å². The molecule has 1 fully saturated rings. The Kier molecular flexibility index (Phi) is 10.6. The van der Waals surface area contributed by atoms with Crippen LogP contribution in [0.4, 0.5) is 5.69 Å². The molecule has 0 bridgehead atoms. The van der Waals surface area contributed by atoms with Gasteiger partial charge in [0.2, 0.25) is 0 Å². The first-order valence-electron chi connectivity index (χ1n) is 5.77. The summed E-state index contributed by atoms with van der Waals surface area (Å²) in [5.41, 5.74) is 3.85. The van der Waals surface area contributed by atoms with E-state index < -0.39 is 0 Å². The van der Waals surface area contributed by atoms with Crippen molar-refractivity contribution in [2.24, 2.45) is 10.9 Å². The van der Waals surface area contributed by atoms with Crippen molar-refractivity contribution in [2.45, 2.75) is 33.1 Å². The molecule has 1 radical (unpaired) electrons. The Labute approximate surface area is 176 Å². The molecule has 17 heavy (non-hydrogen) atoms. The van der Waals surface area contributed by atoms with Crippen LogP contribution < -0.4 is 0 Å². The van der Waals surface area contributed by atoms with Gasteiger partial charge in [-0.3, -0.25) is 4.99 Å². The van der Waals surface area contributed by atoms with Crippen LogP contribution in [0.5, 0.6) is 0 Å². The number of nitrogens with zero attached hydrogens (tertiary/aromatic N) is 1. The molecule has 3 heteroatoms. The molecule has 1 nitrogen and oxygen atoms in total. The van der Waals surface area contributed by atoms with Crippen molar-refractivity contribution in [1.29, 1.82) is 0 Å². The molecular weight excluding hydrogens is 496 g/mol. The normalized spacial score (nSPS) is 20.8. The summed E-state index contributed by atoms with van der Waals surface area (Å²) in [6.07, 6.45) is 5.62. The number of benzene rings is 1. The van der Waals surface area contributed by atoms with Gasteiger partial charge in [-0.05, 0) is 30.2 Å². The number of aryl methyl sites for hydroxylation is 1. The first-order chi connectivity index (χ1) is 7.29. The van der Waals surface area contributed by atoms with Gasteiger partial charge in [-0.15, -0.1) is 6.42 Å². The van der Waals surface area contributed by atoms with E-state index in [1.54, 1.807) is 0 Å². The van der Waals surface area contributed by atoms with E-state index in [1.807, 2.05) is 0 Å². The van der Waals surface area contributed by atoms with Gasteiger partial charge in [0.1, 0.15) is 0 Å². The molecule has 1 unspecified atom stereocenters. The molecule has 1 aliphatic carbocycles. The maximum atomic E-state index is 4.76. The third-order valence-corrected chi connectivity index (χ3v) is 2.96. The summed E-state index contributed by atoms with van der Waals surface area (Å²) in [5.74, 6) is 0.706. The average Bonchev–Trinajstić information content (AvgIpc) is 2.65. The summed E-state index contributed by atoms with van der Waals surface area (Å²) in [7, 11) is 0. The fraction of sp³-hybridized carbons (Fsp3) is 0.429. The number of para-hydroxylation sites is 1. The molecule has 0 N–H and O–H groups in total. The Morgan fingerprint density at radius 2 is 2.06 bits per heavy atom. The van der Waals surface area contributed by atoms with Crippen molar-refractivity contribution >= 4 is 11.4 Å². The van der Waals surface area contributed by atoms with E-state index in [1.165, 1.54) is 11.3 Å². The molecule has 2 rings (SSSR count). The van der Waals surface area contributed by atoms with Gasteiger partial charge in [-0.1, -0.05) is 32.0 Å². The summed E-state index contributed by atoms with van der Waals surface area (Å²) in [4.78, 5) is 4.76. The van der Waals surface area contributed by atoms with Crippen LogP contribution in [0.15, 0.2) is 29.3 Å². The molecule has 0 spiro atoms. The van der Waals surface area contributed by atoms with Gasteiger partial charge in [0.05, 0.1) is 5.69 Å². The first kappa shape index (κ1) is 18.8. The van der Waals surface area contributed by atoms with Crippen LogP contribution in [0, 0.1) is 101 Å². The average molecular weight is 514 g/mol. The zero-order valence-electron chi connectivity index (χ0n) is 10.4. The van der Waals surface area contributed by atoms with E-state index in [2.05, 4.69) is 44.5 Å². The van der Waals surface area contributed by atoms with Gasteiger partial charge in [0.25, 0.3) is 0 Å². The van der Waals surface area contributed by atoms with Gasteiger partial charge < -0.3 is 6.42 Å². The van der Waals surface area contributed by atoms with Crippen LogP contribution in [0.3, 0.4) is 0 Å². The quantitative estimate of drug-likeness (QED) is 0.531. The Balaban J connectivity index is 0.00000128. The van der Waals surface area contributed by atoms with E-state index in [-0.39, 0.29) is 88.2 Å². The molecule has 0 aliphatic heterocycles. The summed E-state index contributed by atoms with van der Waals surface area (Å²) in [5, 5.41) is 0. The fourth-order valence-corrected chi connectivity index (χ4v) is 2.06. The topological polar surface area (TPSA) is 12.4 Å². The van der Waals surface area contributed by atoms with Crippen molar-refractivity contribution in [3.63, 3.8) is 0 Å². The first-order valence-corrected chi connectivity index (χ1v) is 5.77. The molecule has 1 aliphatic rings. The van der Waals surface area contributed by atoms with Gasteiger partial charge in [0, 0.05) is 88.2 Å². The molecule has 0 aromatic heterocycles. The summed E-state index contributed by atoms with van der Waals surface area (Å²) < 4.78 is 0. The van der Waals surface area contributed by atoms with Crippen LogP contribution in [0.1, 0.15) is 32.3 Å². The van der Waals surface area contributed by atoms with Gasteiger partial charge >= 0.3 is 0 Å². The zero-order valence-corrected chi connectivity index (χ0v) is 15.8. The number of hydrogen-bond donors (Lipinski definition) is 0. The Hall–Kier alpha value is 1.77. The van der Waals surface area contributed by atoms with Crippen LogP contribution in [-0.4, -0.2) is 5.71 Å². The Morgan fingerprint density at radius 1 is 1.35 bits per heavy atom. The predicted octanol–water partition coefficient (Wildman–Crippen LogP) is 3.96. The van der Waals surface area contributed by atoms with E-state index in [0.717, 1.165) is 24.9 Å². The minimum absolute atomic E-state index is 0. The van der Waals surface area contributed by atoms with Crippen LogP contribution in [0.25, 0.3) is 0 Å². The molecule has 97 valence electrons. The number of aliphatic imine (C=N–C) groups is 1. The van der Waals surface area contributed by atoms with E-state index in [9.17, 15) is 0 Å². The van der Waals surface area contributed by atoms with Crippen LogP contribution in [-0.2, 0) is 6.42 Å². The second kappa shape index (κ2) is 9.64. The smallest absolute Gasteiger partial charge is 0.0659 e. The Bertz CT molecular complexity index is 376. The molecule has 0 saturated heterocycles. The standard InChI is InChI=1S/C14H18N.Pr.Yb/c1-3-12-6-4-5-7-14(12)15-13-9-8-11(2)10-13;;/h4-8,11H,3,9-10H2,1-2H3;;/q-1;;. The largest absolute Gasteiger partial charge is 0.320 e. The van der Waals surface area contributed by atoms with Crippen molar-refractivity contribution in [3.05, 3.63) is 36.2 Å². The molecule has 1 saturated carbocycles. The summed E-state index contributed by atoms with van der Waals surface area (Å²) >= 11 is 0. The zero-order chi connectivity index (χ0) is 10.7. The Morgan fingerprint density at radius 3 is 2.65 bits per heavy atom. The summed E-state index contributed by atoms with van der Waals surface area (Å²) in [6, 6.07) is 8.45. The van der Waals surface area contributed by atoms with Crippen LogP contribution >= 0.6 is 0 Å². The molecule has 1 atom stereocenters. The third kappa shape index (κ3) is 5.73. The van der Waals surface area contributed by atoms with Crippen molar-refractivity contribution in [1.82, 2.24) is 0 Å². The monoisotopic (exact) mass is 515 g/mol. The minimum atomic E-state index is 0. The second-order valence-corrected chi connectivity index (χ2v) is 4.28. The van der Waals surface area contributed by atoms with Gasteiger partial charge in [0.15, 0.2) is 0 Å². The maximum Gasteiger partial charge on any atom is 0.0659 e. The minimum Gasteiger partial charge on any atom is -0.320 e. The van der Waals surface area contributed by atoms with Crippen LogP contribution in [0.2, 0.25) is 0 Å². The van der Waals surface area contributed by atoms with Gasteiger partial charge in [-0.2, -0.15) is 5.92 Å². The molecule has 0 heterocycles.